The van der Waals surface area contributed by atoms with Crippen molar-refractivity contribution in [1.29, 1.82) is 0 Å². The molecule has 4 atom stereocenters. The maximum atomic E-state index is 10.0. The zero-order chi connectivity index (χ0) is 22.2. The predicted molar refractivity (Wildman–Crippen MR) is 122 cm³/mol. The van der Waals surface area contributed by atoms with Gasteiger partial charge in [-0.3, -0.25) is 4.57 Å². The molecule has 1 unspecified atom stereocenters. The third-order valence-electron chi connectivity index (χ3n) is 5.56. The van der Waals surface area contributed by atoms with Gasteiger partial charge in [0.25, 0.3) is 0 Å². The Morgan fingerprint density at radius 1 is 1.19 bits per heavy atom. The van der Waals surface area contributed by atoms with Crippen molar-refractivity contribution in [2.75, 3.05) is 19.8 Å². The average Bonchev–Trinajstić information content (AvgIpc) is 3.45. The zero-order valence-electron chi connectivity index (χ0n) is 17.4. The normalized spacial score (nSPS) is 24.9. The van der Waals surface area contributed by atoms with Crippen LogP contribution in [0.1, 0.15) is 13.3 Å². The number of fused-ring (bicyclic) bond motifs is 2. The van der Waals surface area contributed by atoms with E-state index in [1.165, 1.54) is 0 Å². The largest absolute Gasteiger partial charge is 0.456 e. The molecule has 2 fully saturated rings. The van der Waals surface area contributed by atoms with Crippen LogP contribution < -0.4 is 4.74 Å². The number of imidazole rings is 1. The number of pyridine rings is 1. The van der Waals surface area contributed by atoms with Crippen molar-refractivity contribution in [3.8, 4) is 17.3 Å². The van der Waals surface area contributed by atoms with Gasteiger partial charge in [0.05, 0.1) is 23.9 Å². The van der Waals surface area contributed by atoms with E-state index in [2.05, 4.69) is 20.9 Å². The summed E-state index contributed by atoms with van der Waals surface area (Å²) in [6.07, 6.45) is -0.872. The minimum Gasteiger partial charge on any atom is -0.456 e. The first kappa shape index (κ1) is 22.1. The minimum absolute atomic E-state index is 0.235. The highest BCUT2D eigenvalue weighted by Crippen LogP contribution is 2.34. The second-order valence-electron chi connectivity index (χ2n) is 7.85. The average molecular weight is 525 g/mol. The summed E-state index contributed by atoms with van der Waals surface area (Å²) in [7, 11) is 0. The molecule has 10 heteroatoms. The van der Waals surface area contributed by atoms with E-state index < -0.39 is 6.10 Å². The first-order valence-corrected chi connectivity index (χ1v) is 11.7. The van der Waals surface area contributed by atoms with Crippen LogP contribution >= 0.6 is 27.5 Å². The van der Waals surface area contributed by atoms with Crippen LogP contribution in [0.5, 0.6) is 6.01 Å². The SMILES string of the molecule is CCCOCn1c(O[C@@H]2CO[C@@H]3C(O)CO[C@@H]32)nc2cc(Cl)c(-c3ccc(Br)cc3)nc21. The first-order chi connectivity index (χ1) is 15.5. The minimum atomic E-state index is -0.644. The molecule has 2 aliphatic rings. The molecule has 3 aromatic rings. The molecule has 1 N–H and O–H groups in total. The smallest absolute Gasteiger partial charge is 0.301 e. The number of nitrogens with zero attached hydrogens (tertiary/aromatic N) is 3. The third-order valence-corrected chi connectivity index (χ3v) is 6.38. The second kappa shape index (κ2) is 9.24. The van der Waals surface area contributed by atoms with Crippen molar-refractivity contribution in [2.24, 2.45) is 0 Å². The van der Waals surface area contributed by atoms with Gasteiger partial charge in [-0.1, -0.05) is 46.6 Å². The predicted octanol–water partition coefficient (Wildman–Crippen LogP) is 3.80. The summed E-state index contributed by atoms with van der Waals surface area (Å²) in [5.41, 5.74) is 2.77. The maximum Gasteiger partial charge on any atom is 0.301 e. The number of ether oxygens (including phenoxy) is 4. The van der Waals surface area contributed by atoms with Crippen molar-refractivity contribution < 1.29 is 24.1 Å². The van der Waals surface area contributed by atoms with Gasteiger partial charge in [-0.05, 0) is 24.6 Å². The first-order valence-electron chi connectivity index (χ1n) is 10.5. The highest BCUT2D eigenvalue weighted by atomic mass is 79.9. The van der Waals surface area contributed by atoms with Crippen molar-refractivity contribution in [3.63, 3.8) is 0 Å². The quantitative estimate of drug-likeness (QED) is 0.470. The molecule has 0 spiro atoms. The van der Waals surface area contributed by atoms with E-state index in [1.54, 1.807) is 10.6 Å². The molecule has 4 heterocycles. The summed E-state index contributed by atoms with van der Waals surface area (Å²) in [5, 5.41) is 10.5. The fourth-order valence-corrected chi connectivity index (χ4v) is 4.52. The summed E-state index contributed by atoms with van der Waals surface area (Å²) in [4.78, 5) is 9.45. The van der Waals surface area contributed by atoms with E-state index in [0.717, 1.165) is 16.5 Å². The van der Waals surface area contributed by atoms with E-state index in [0.29, 0.717) is 41.1 Å². The third kappa shape index (κ3) is 4.13. The number of hydrogen-bond acceptors (Lipinski definition) is 7. The van der Waals surface area contributed by atoms with Crippen molar-refractivity contribution >= 4 is 38.7 Å². The molecule has 0 aliphatic carbocycles. The van der Waals surface area contributed by atoms with Crippen LogP contribution in [0.15, 0.2) is 34.8 Å². The van der Waals surface area contributed by atoms with Crippen LogP contribution in [0.25, 0.3) is 22.4 Å². The molecule has 5 rings (SSSR count). The van der Waals surface area contributed by atoms with Gasteiger partial charge in [0, 0.05) is 16.6 Å². The van der Waals surface area contributed by atoms with Gasteiger partial charge in [-0.2, -0.15) is 4.98 Å². The summed E-state index contributed by atoms with van der Waals surface area (Å²) < 4.78 is 26.1. The van der Waals surface area contributed by atoms with Crippen molar-refractivity contribution in [2.45, 2.75) is 44.5 Å². The Labute approximate surface area is 198 Å². The molecule has 2 aliphatic heterocycles. The lowest BCUT2D eigenvalue weighted by molar-refractivity contribution is 0.00302. The fourth-order valence-electron chi connectivity index (χ4n) is 4.00. The Balaban J connectivity index is 1.51. The molecule has 2 saturated heterocycles. The van der Waals surface area contributed by atoms with Crippen LogP contribution in [0.3, 0.4) is 0 Å². The van der Waals surface area contributed by atoms with E-state index in [1.807, 2.05) is 31.2 Å². The topological polar surface area (TPSA) is 87.9 Å². The fraction of sp³-hybridized carbons (Fsp3) is 0.455. The molecule has 0 saturated carbocycles. The van der Waals surface area contributed by atoms with Crippen molar-refractivity contribution in [3.05, 3.63) is 39.8 Å². The van der Waals surface area contributed by atoms with Crippen LogP contribution in [0, 0.1) is 0 Å². The lowest BCUT2D eigenvalue weighted by atomic mass is 10.1. The van der Waals surface area contributed by atoms with Gasteiger partial charge in [0.1, 0.15) is 30.6 Å². The monoisotopic (exact) mass is 523 g/mol. The number of aromatic nitrogens is 3. The van der Waals surface area contributed by atoms with Crippen LogP contribution in [0.4, 0.5) is 0 Å². The molecule has 2 aromatic heterocycles. The standard InChI is InChI=1S/C22H23BrClN3O5/c1-2-7-29-11-27-21-15(8-14(24)18(26-21)12-3-5-13(23)6-4-12)25-22(27)32-17-10-31-19-16(28)9-30-20(17)19/h3-6,8,16-17,19-20,28H,2,7,9-11H2,1H3/t16?,17-,19-,20-/m1/s1. The molecule has 1 aromatic carbocycles. The molecular formula is C22H23BrClN3O5. The van der Waals surface area contributed by atoms with Crippen LogP contribution in [0.2, 0.25) is 5.02 Å². The lowest BCUT2D eigenvalue weighted by Crippen LogP contribution is -2.35. The van der Waals surface area contributed by atoms with Gasteiger partial charge in [-0.15, -0.1) is 0 Å². The number of halogens is 2. The second-order valence-corrected chi connectivity index (χ2v) is 9.17. The highest BCUT2D eigenvalue weighted by Gasteiger charge is 2.48. The Kier molecular flexibility index (Phi) is 6.37. The number of hydrogen-bond donors (Lipinski definition) is 1. The van der Waals surface area contributed by atoms with Gasteiger partial charge < -0.3 is 24.1 Å². The molecule has 0 bridgehead atoms. The summed E-state index contributed by atoms with van der Waals surface area (Å²) >= 11 is 10.0. The number of aliphatic hydroxyl groups is 1. The van der Waals surface area contributed by atoms with Crippen LogP contribution in [-0.4, -0.2) is 63.9 Å². The van der Waals surface area contributed by atoms with Gasteiger partial charge >= 0.3 is 6.01 Å². The number of benzene rings is 1. The van der Waals surface area contributed by atoms with E-state index in [9.17, 15) is 5.11 Å². The maximum absolute atomic E-state index is 10.0. The van der Waals surface area contributed by atoms with Gasteiger partial charge in [0.15, 0.2) is 11.8 Å². The Morgan fingerprint density at radius 3 is 2.75 bits per heavy atom. The summed E-state index contributed by atoms with van der Waals surface area (Å²) in [6, 6.07) is 9.93. The summed E-state index contributed by atoms with van der Waals surface area (Å²) in [5.74, 6) is 0. The Hall–Kier alpha value is -1.75. The Morgan fingerprint density at radius 2 is 1.97 bits per heavy atom. The molecule has 0 amide bonds. The number of aliphatic hydroxyl groups excluding tert-OH is 1. The van der Waals surface area contributed by atoms with E-state index in [4.69, 9.17) is 35.5 Å². The van der Waals surface area contributed by atoms with Crippen molar-refractivity contribution in [1.82, 2.24) is 14.5 Å². The molecule has 32 heavy (non-hydrogen) atoms. The summed E-state index contributed by atoms with van der Waals surface area (Å²) in [6.45, 7) is 3.42. The molecule has 170 valence electrons. The molecule has 0 radical (unpaired) electrons. The van der Waals surface area contributed by atoms with Gasteiger partial charge in [0.2, 0.25) is 0 Å². The highest BCUT2D eigenvalue weighted by molar-refractivity contribution is 9.10. The molecular weight excluding hydrogens is 502 g/mol. The van der Waals surface area contributed by atoms with Crippen LogP contribution in [-0.2, 0) is 20.9 Å². The van der Waals surface area contributed by atoms with E-state index in [-0.39, 0.29) is 31.6 Å². The van der Waals surface area contributed by atoms with Gasteiger partial charge in [-0.25, -0.2) is 4.98 Å². The Bertz CT molecular complexity index is 1110. The molecule has 8 nitrogen and oxygen atoms in total. The number of rotatable bonds is 7. The zero-order valence-corrected chi connectivity index (χ0v) is 19.8. The lowest BCUT2D eigenvalue weighted by Gasteiger charge is -2.18. The van der Waals surface area contributed by atoms with E-state index >= 15 is 0 Å².